The summed E-state index contributed by atoms with van der Waals surface area (Å²) in [6.45, 7) is 4.69. The van der Waals surface area contributed by atoms with Crippen LogP contribution in [0.1, 0.15) is 16.1 Å². The monoisotopic (exact) mass is 321 g/mol. The van der Waals surface area contributed by atoms with Gasteiger partial charge in [-0.3, -0.25) is 4.79 Å². The van der Waals surface area contributed by atoms with Gasteiger partial charge >= 0.3 is 0 Å². The van der Waals surface area contributed by atoms with E-state index in [2.05, 4.69) is 44.5 Å². The van der Waals surface area contributed by atoms with Gasteiger partial charge < -0.3 is 15.6 Å². The molecular formula is C18H19N5O. The second kappa shape index (κ2) is 7.41. The van der Waals surface area contributed by atoms with Crippen molar-refractivity contribution in [3.05, 3.63) is 66.5 Å². The van der Waals surface area contributed by atoms with E-state index in [0.29, 0.717) is 18.1 Å². The number of nitrogens with zero attached hydrogens (tertiary/aromatic N) is 2. The van der Waals surface area contributed by atoms with E-state index in [1.54, 1.807) is 18.2 Å². The first-order chi connectivity index (χ1) is 11.8. The first-order valence-corrected chi connectivity index (χ1v) is 7.79. The number of hydrogen-bond acceptors (Lipinski definition) is 4. The molecule has 0 radical (unpaired) electrons. The van der Waals surface area contributed by atoms with Crippen LogP contribution in [0, 0.1) is 0 Å². The van der Waals surface area contributed by atoms with Gasteiger partial charge in [0.05, 0.1) is 0 Å². The second-order valence-electron chi connectivity index (χ2n) is 5.34. The number of H-pyrrole nitrogens is 1. The molecule has 0 saturated carbocycles. The third-order valence-corrected chi connectivity index (χ3v) is 3.68. The lowest BCUT2D eigenvalue weighted by Gasteiger charge is -2.05. The van der Waals surface area contributed by atoms with Crippen molar-refractivity contribution in [2.24, 2.45) is 0 Å². The van der Waals surface area contributed by atoms with Crippen molar-refractivity contribution in [2.75, 3.05) is 18.4 Å². The number of nitrogens with one attached hydrogen (secondary N) is 3. The Morgan fingerprint density at radius 2 is 2.08 bits per heavy atom. The summed E-state index contributed by atoms with van der Waals surface area (Å²) in [5.74, 6) is 0.392. The van der Waals surface area contributed by atoms with Crippen LogP contribution in [0.3, 0.4) is 0 Å². The second-order valence-corrected chi connectivity index (χ2v) is 5.34. The number of para-hydroxylation sites is 1. The van der Waals surface area contributed by atoms with Gasteiger partial charge in [0, 0.05) is 30.2 Å². The van der Waals surface area contributed by atoms with Crippen LogP contribution in [0.2, 0.25) is 0 Å². The van der Waals surface area contributed by atoms with E-state index >= 15 is 0 Å². The van der Waals surface area contributed by atoms with Crippen molar-refractivity contribution < 1.29 is 4.79 Å². The fourth-order valence-corrected chi connectivity index (χ4v) is 2.47. The molecular weight excluding hydrogens is 302 g/mol. The maximum Gasteiger partial charge on any atom is 0.272 e. The maximum absolute atomic E-state index is 11.7. The number of anilines is 1. The standard InChI is InChI=1S/C18H19N5O/c1-2-10-20-18(24)16-7-8-17(23-22-16)19-11-9-13-12-21-15-6-4-3-5-14(13)15/h2-8,12,21H,1,9-11H2,(H,19,23)(H,20,24). The van der Waals surface area contributed by atoms with Crippen molar-refractivity contribution in [3.63, 3.8) is 0 Å². The lowest BCUT2D eigenvalue weighted by Crippen LogP contribution is -2.24. The zero-order valence-corrected chi connectivity index (χ0v) is 13.2. The number of benzene rings is 1. The molecule has 3 N–H and O–H groups in total. The van der Waals surface area contributed by atoms with E-state index in [1.807, 2.05) is 18.3 Å². The number of amides is 1. The van der Waals surface area contributed by atoms with E-state index in [1.165, 1.54) is 10.9 Å². The van der Waals surface area contributed by atoms with E-state index in [4.69, 9.17) is 0 Å². The molecule has 6 heteroatoms. The Morgan fingerprint density at radius 3 is 2.88 bits per heavy atom. The molecule has 3 rings (SSSR count). The number of carbonyl (C=O) groups excluding carboxylic acids is 1. The molecule has 0 aliphatic carbocycles. The van der Waals surface area contributed by atoms with Crippen LogP contribution < -0.4 is 10.6 Å². The first kappa shape index (κ1) is 15.7. The molecule has 0 atom stereocenters. The summed E-state index contributed by atoms with van der Waals surface area (Å²) in [5.41, 5.74) is 2.69. The van der Waals surface area contributed by atoms with Gasteiger partial charge in [0.15, 0.2) is 5.69 Å². The normalized spacial score (nSPS) is 10.5. The average molecular weight is 321 g/mol. The molecule has 0 aliphatic rings. The van der Waals surface area contributed by atoms with Crippen LogP contribution in [0.25, 0.3) is 10.9 Å². The quantitative estimate of drug-likeness (QED) is 0.584. The van der Waals surface area contributed by atoms with E-state index in [9.17, 15) is 4.79 Å². The van der Waals surface area contributed by atoms with Gasteiger partial charge in [-0.2, -0.15) is 0 Å². The molecule has 0 unspecified atom stereocenters. The summed E-state index contributed by atoms with van der Waals surface area (Å²) in [6.07, 6.45) is 4.52. The minimum absolute atomic E-state index is 0.257. The number of fused-ring (bicyclic) bond motifs is 1. The molecule has 0 fully saturated rings. The van der Waals surface area contributed by atoms with Gasteiger partial charge in [0.1, 0.15) is 5.82 Å². The summed E-state index contributed by atoms with van der Waals surface area (Å²) >= 11 is 0. The van der Waals surface area contributed by atoms with Gasteiger partial charge in [-0.1, -0.05) is 24.3 Å². The number of hydrogen-bond donors (Lipinski definition) is 3. The van der Waals surface area contributed by atoms with Crippen LogP contribution >= 0.6 is 0 Å². The molecule has 2 heterocycles. The number of carbonyl (C=O) groups is 1. The highest BCUT2D eigenvalue weighted by Crippen LogP contribution is 2.18. The van der Waals surface area contributed by atoms with Crippen LogP contribution in [0.5, 0.6) is 0 Å². The lowest BCUT2D eigenvalue weighted by atomic mass is 10.1. The van der Waals surface area contributed by atoms with Crippen molar-refractivity contribution in [3.8, 4) is 0 Å². The molecule has 122 valence electrons. The average Bonchev–Trinajstić information content (AvgIpc) is 3.03. The van der Waals surface area contributed by atoms with Gasteiger partial charge in [0.25, 0.3) is 5.91 Å². The Balaban J connectivity index is 1.55. The molecule has 24 heavy (non-hydrogen) atoms. The molecule has 3 aromatic rings. The maximum atomic E-state index is 11.7. The highest BCUT2D eigenvalue weighted by Gasteiger charge is 2.07. The minimum atomic E-state index is -0.257. The number of aromatic amines is 1. The Kier molecular flexibility index (Phi) is 4.86. The molecule has 1 amide bonds. The van der Waals surface area contributed by atoms with Crippen molar-refractivity contribution >= 4 is 22.6 Å². The topological polar surface area (TPSA) is 82.7 Å². The van der Waals surface area contributed by atoms with Gasteiger partial charge in [-0.15, -0.1) is 16.8 Å². The predicted octanol–water partition coefficient (Wildman–Crippen LogP) is 2.53. The van der Waals surface area contributed by atoms with Crippen LogP contribution in [-0.2, 0) is 6.42 Å². The fraction of sp³-hybridized carbons (Fsp3) is 0.167. The predicted molar refractivity (Wildman–Crippen MR) is 95.1 cm³/mol. The number of rotatable bonds is 7. The van der Waals surface area contributed by atoms with Crippen LogP contribution in [-0.4, -0.2) is 34.2 Å². The Hall–Kier alpha value is -3.15. The van der Waals surface area contributed by atoms with Gasteiger partial charge in [-0.25, -0.2) is 0 Å². The van der Waals surface area contributed by atoms with Crippen molar-refractivity contribution in [1.29, 1.82) is 0 Å². The highest BCUT2D eigenvalue weighted by atomic mass is 16.1. The van der Waals surface area contributed by atoms with Gasteiger partial charge in [0.2, 0.25) is 0 Å². The molecule has 0 aliphatic heterocycles. The third-order valence-electron chi connectivity index (χ3n) is 3.68. The van der Waals surface area contributed by atoms with E-state index in [0.717, 1.165) is 18.5 Å². The summed E-state index contributed by atoms with van der Waals surface area (Å²) in [5, 5.41) is 15.1. The zero-order chi connectivity index (χ0) is 16.8. The van der Waals surface area contributed by atoms with Crippen LogP contribution in [0.4, 0.5) is 5.82 Å². The fourth-order valence-electron chi connectivity index (χ4n) is 2.47. The summed E-state index contributed by atoms with van der Waals surface area (Å²) in [4.78, 5) is 15.0. The highest BCUT2D eigenvalue weighted by molar-refractivity contribution is 5.92. The molecule has 2 aromatic heterocycles. The van der Waals surface area contributed by atoms with Crippen LogP contribution in [0.15, 0.2) is 55.3 Å². The summed E-state index contributed by atoms with van der Waals surface area (Å²) in [7, 11) is 0. The molecule has 6 nitrogen and oxygen atoms in total. The van der Waals surface area contributed by atoms with E-state index < -0.39 is 0 Å². The molecule has 0 bridgehead atoms. The van der Waals surface area contributed by atoms with Crippen molar-refractivity contribution in [1.82, 2.24) is 20.5 Å². The molecule has 0 saturated heterocycles. The SMILES string of the molecule is C=CCNC(=O)c1ccc(NCCc2c[nH]c3ccccc23)nn1. The largest absolute Gasteiger partial charge is 0.368 e. The lowest BCUT2D eigenvalue weighted by molar-refractivity contribution is 0.0952. The Bertz CT molecular complexity index is 838. The Morgan fingerprint density at radius 1 is 1.21 bits per heavy atom. The minimum Gasteiger partial charge on any atom is -0.368 e. The van der Waals surface area contributed by atoms with E-state index in [-0.39, 0.29) is 5.91 Å². The van der Waals surface area contributed by atoms with Gasteiger partial charge in [-0.05, 0) is 30.2 Å². The first-order valence-electron chi connectivity index (χ1n) is 7.79. The summed E-state index contributed by atoms with van der Waals surface area (Å²) in [6, 6.07) is 11.6. The smallest absolute Gasteiger partial charge is 0.272 e. The molecule has 0 spiro atoms. The zero-order valence-electron chi connectivity index (χ0n) is 13.2. The number of aromatic nitrogens is 3. The van der Waals surface area contributed by atoms with Crippen molar-refractivity contribution in [2.45, 2.75) is 6.42 Å². The Labute approximate surface area is 140 Å². The molecule has 1 aromatic carbocycles. The third kappa shape index (κ3) is 3.60. The summed E-state index contributed by atoms with van der Waals surface area (Å²) < 4.78 is 0.